The Bertz CT molecular complexity index is 580. The van der Waals surface area contributed by atoms with Crippen molar-refractivity contribution < 1.29 is 19.1 Å². The van der Waals surface area contributed by atoms with Crippen LogP contribution in [0.4, 0.5) is 9.18 Å². The summed E-state index contributed by atoms with van der Waals surface area (Å²) in [6, 6.07) is 3.94. The predicted octanol–water partition coefficient (Wildman–Crippen LogP) is 1.03. The molecule has 3 amide bonds. The van der Waals surface area contributed by atoms with Crippen molar-refractivity contribution in [1.29, 1.82) is 0 Å². The SMILES string of the molecule is Cc1ccc(C(=O)NCCNC(=O)N2CCC[C@H]2CO)cc1F. The molecule has 0 aliphatic carbocycles. The van der Waals surface area contributed by atoms with Crippen molar-refractivity contribution in [2.75, 3.05) is 26.2 Å². The molecule has 7 heteroatoms. The molecule has 0 aromatic heterocycles. The lowest BCUT2D eigenvalue weighted by Gasteiger charge is -2.23. The fourth-order valence-electron chi connectivity index (χ4n) is 2.58. The Morgan fingerprint density at radius 1 is 1.35 bits per heavy atom. The summed E-state index contributed by atoms with van der Waals surface area (Å²) in [6.07, 6.45) is 1.69. The largest absolute Gasteiger partial charge is 0.394 e. The zero-order valence-corrected chi connectivity index (χ0v) is 13.1. The first-order valence-corrected chi connectivity index (χ1v) is 7.72. The van der Waals surface area contributed by atoms with Crippen LogP contribution in [-0.2, 0) is 0 Å². The fourth-order valence-corrected chi connectivity index (χ4v) is 2.58. The number of urea groups is 1. The van der Waals surface area contributed by atoms with Gasteiger partial charge in [0, 0.05) is 25.2 Å². The predicted molar refractivity (Wildman–Crippen MR) is 83.7 cm³/mol. The van der Waals surface area contributed by atoms with Crippen LogP contribution in [0.15, 0.2) is 18.2 Å². The van der Waals surface area contributed by atoms with Crippen LogP contribution < -0.4 is 10.6 Å². The average Bonchev–Trinajstić information content (AvgIpc) is 3.02. The van der Waals surface area contributed by atoms with E-state index in [0.29, 0.717) is 12.1 Å². The number of benzene rings is 1. The summed E-state index contributed by atoms with van der Waals surface area (Å²) in [4.78, 5) is 25.4. The number of nitrogens with one attached hydrogen (secondary N) is 2. The van der Waals surface area contributed by atoms with Gasteiger partial charge in [-0.05, 0) is 37.5 Å². The van der Waals surface area contributed by atoms with Gasteiger partial charge >= 0.3 is 6.03 Å². The molecule has 0 bridgehead atoms. The zero-order valence-electron chi connectivity index (χ0n) is 13.1. The molecule has 3 N–H and O–H groups in total. The number of carbonyl (C=O) groups is 2. The number of halogens is 1. The van der Waals surface area contributed by atoms with Gasteiger partial charge in [-0.2, -0.15) is 0 Å². The van der Waals surface area contributed by atoms with Crippen LogP contribution in [0.2, 0.25) is 0 Å². The molecule has 1 saturated heterocycles. The molecule has 1 aromatic rings. The summed E-state index contributed by atoms with van der Waals surface area (Å²) in [5.41, 5.74) is 0.733. The Labute approximate surface area is 134 Å². The van der Waals surface area contributed by atoms with Gasteiger partial charge in [-0.15, -0.1) is 0 Å². The number of likely N-dealkylation sites (tertiary alicyclic amines) is 1. The highest BCUT2D eigenvalue weighted by molar-refractivity contribution is 5.94. The zero-order chi connectivity index (χ0) is 16.8. The van der Waals surface area contributed by atoms with Gasteiger partial charge < -0.3 is 20.6 Å². The Hall–Kier alpha value is -2.15. The number of carbonyl (C=O) groups excluding carboxylic acids is 2. The lowest BCUT2D eigenvalue weighted by atomic mass is 10.1. The van der Waals surface area contributed by atoms with Crippen molar-refractivity contribution in [3.8, 4) is 0 Å². The minimum absolute atomic E-state index is 0.0385. The van der Waals surface area contributed by atoms with Gasteiger partial charge in [0.2, 0.25) is 0 Å². The van der Waals surface area contributed by atoms with E-state index in [1.807, 2.05) is 0 Å². The molecule has 0 spiro atoms. The second kappa shape index (κ2) is 7.92. The molecule has 23 heavy (non-hydrogen) atoms. The molecule has 1 heterocycles. The van der Waals surface area contributed by atoms with E-state index in [-0.39, 0.29) is 43.2 Å². The van der Waals surface area contributed by atoms with E-state index in [9.17, 15) is 19.1 Å². The van der Waals surface area contributed by atoms with E-state index in [2.05, 4.69) is 10.6 Å². The average molecular weight is 323 g/mol. The second-order valence-corrected chi connectivity index (χ2v) is 5.62. The van der Waals surface area contributed by atoms with Crippen LogP contribution in [-0.4, -0.2) is 54.2 Å². The monoisotopic (exact) mass is 323 g/mol. The Morgan fingerprint density at radius 3 is 2.78 bits per heavy atom. The highest BCUT2D eigenvalue weighted by Gasteiger charge is 2.27. The van der Waals surface area contributed by atoms with Crippen molar-refractivity contribution in [3.63, 3.8) is 0 Å². The van der Waals surface area contributed by atoms with E-state index in [1.54, 1.807) is 24.0 Å². The van der Waals surface area contributed by atoms with Gasteiger partial charge in [0.1, 0.15) is 5.82 Å². The molecule has 0 saturated carbocycles. The Morgan fingerprint density at radius 2 is 2.09 bits per heavy atom. The molecule has 0 unspecified atom stereocenters. The van der Waals surface area contributed by atoms with Gasteiger partial charge in [0.15, 0.2) is 0 Å². The number of nitrogens with zero attached hydrogens (tertiary/aromatic N) is 1. The first kappa shape index (κ1) is 17.2. The quantitative estimate of drug-likeness (QED) is 0.708. The Balaban J connectivity index is 1.73. The molecule has 1 aromatic carbocycles. The first-order chi connectivity index (χ1) is 11.0. The summed E-state index contributed by atoms with van der Waals surface area (Å²) in [6.45, 7) is 2.74. The number of rotatable bonds is 5. The van der Waals surface area contributed by atoms with E-state index >= 15 is 0 Å². The number of aliphatic hydroxyl groups excluding tert-OH is 1. The standard InChI is InChI=1S/C16H22FN3O3/c1-11-4-5-12(9-14(11)17)15(22)18-6-7-19-16(23)20-8-2-3-13(20)10-21/h4-5,9,13,21H,2-3,6-8,10H2,1H3,(H,18,22)(H,19,23)/t13-/m0/s1. The maximum Gasteiger partial charge on any atom is 0.317 e. The smallest absolute Gasteiger partial charge is 0.317 e. The third-order valence-electron chi connectivity index (χ3n) is 3.97. The van der Waals surface area contributed by atoms with Gasteiger partial charge in [-0.25, -0.2) is 9.18 Å². The molecular formula is C16H22FN3O3. The summed E-state index contributed by atoms with van der Waals surface area (Å²) in [5, 5.41) is 14.5. The molecule has 1 atom stereocenters. The van der Waals surface area contributed by atoms with Crippen LogP contribution in [0.3, 0.4) is 0 Å². The highest BCUT2D eigenvalue weighted by Crippen LogP contribution is 2.16. The van der Waals surface area contributed by atoms with Gasteiger partial charge in [-0.1, -0.05) is 6.07 Å². The van der Waals surface area contributed by atoms with Crippen LogP contribution in [0.1, 0.15) is 28.8 Å². The number of amides is 3. The van der Waals surface area contributed by atoms with E-state index < -0.39 is 5.82 Å². The normalized spacial score (nSPS) is 17.2. The fraction of sp³-hybridized carbons (Fsp3) is 0.500. The second-order valence-electron chi connectivity index (χ2n) is 5.62. The Kier molecular flexibility index (Phi) is 5.92. The van der Waals surface area contributed by atoms with E-state index in [1.165, 1.54) is 6.07 Å². The van der Waals surface area contributed by atoms with E-state index in [0.717, 1.165) is 12.8 Å². The van der Waals surface area contributed by atoms with Crippen molar-refractivity contribution >= 4 is 11.9 Å². The minimum Gasteiger partial charge on any atom is -0.394 e. The number of hydrogen-bond acceptors (Lipinski definition) is 3. The van der Waals surface area contributed by atoms with Crippen molar-refractivity contribution in [2.45, 2.75) is 25.8 Å². The third kappa shape index (κ3) is 4.41. The number of aryl methyl sites for hydroxylation is 1. The van der Waals surface area contributed by atoms with Crippen molar-refractivity contribution in [1.82, 2.24) is 15.5 Å². The molecule has 1 fully saturated rings. The van der Waals surface area contributed by atoms with Gasteiger partial charge in [-0.3, -0.25) is 4.79 Å². The molecular weight excluding hydrogens is 301 g/mol. The molecule has 2 rings (SSSR count). The number of hydrogen-bond donors (Lipinski definition) is 3. The molecule has 0 radical (unpaired) electrons. The number of aliphatic hydroxyl groups is 1. The van der Waals surface area contributed by atoms with Crippen molar-refractivity contribution in [2.24, 2.45) is 0 Å². The minimum atomic E-state index is -0.421. The summed E-state index contributed by atoms with van der Waals surface area (Å²) in [7, 11) is 0. The summed E-state index contributed by atoms with van der Waals surface area (Å²) >= 11 is 0. The highest BCUT2D eigenvalue weighted by atomic mass is 19.1. The van der Waals surface area contributed by atoms with Crippen LogP contribution in [0, 0.1) is 12.7 Å². The maximum atomic E-state index is 13.4. The van der Waals surface area contributed by atoms with Gasteiger partial charge in [0.25, 0.3) is 5.91 Å². The maximum absolute atomic E-state index is 13.4. The molecule has 1 aliphatic rings. The van der Waals surface area contributed by atoms with Crippen LogP contribution in [0.25, 0.3) is 0 Å². The van der Waals surface area contributed by atoms with Crippen molar-refractivity contribution in [3.05, 3.63) is 35.1 Å². The topological polar surface area (TPSA) is 81.7 Å². The van der Waals surface area contributed by atoms with E-state index in [4.69, 9.17) is 0 Å². The molecule has 6 nitrogen and oxygen atoms in total. The lowest BCUT2D eigenvalue weighted by Crippen LogP contribution is -2.46. The lowest BCUT2D eigenvalue weighted by molar-refractivity contribution is 0.0953. The molecule has 1 aliphatic heterocycles. The third-order valence-corrected chi connectivity index (χ3v) is 3.97. The summed E-state index contributed by atoms with van der Waals surface area (Å²) in [5.74, 6) is -0.803. The van der Waals surface area contributed by atoms with Crippen LogP contribution >= 0.6 is 0 Å². The summed E-state index contributed by atoms with van der Waals surface area (Å²) < 4.78 is 13.4. The first-order valence-electron chi connectivity index (χ1n) is 7.72. The van der Waals surface area contributed by atoms with Gasteiger partial charge in [0.05, 0.1) is 12.6 Å². The van der Waals surface area contributed by atoms with Crippen LogP contribution in [0.5, 0.6) is 0 Å². The molecule has 126 valence electrons.